The molecule has 1 aromatic rings. The van der Waals surface area contributed by atoms with Crippen molar-refractivity contribution in [2.75, 3.05) is 6.54 Å². The molecule has 2 heteroatoms. The minimum Gasteiger partial charge on any atom is -0.392 e. The van der Waals surface area contributed by atoms with E-state index in [2.05, 4.69) is 24.0 Å². The molecule has 0 aromatic heterocycles. The summed E-state index contributed by atoms with van der Waals surface area (Å²) in [5, 5.41) is 9.02. The van der Waals surface area contributed by atoms with Gasteiger partial charge in [-0.05, 0) is 37.4 Å². The second kappa shape index (κ2) is 6.18. The predicted octanol–water partition coefficient (Wildman–Crippen LogP) is 2.94. The summed E-state index contributed by atoms with van der Waals surface area (Å²) in [5.74, 6) is 0. The van der Waals surface area contributed by atoms with Gasteiger partial charge >= 0.3 is 0 Å². The molecule has 1 aliphatic rings. The van der Waals surface area contributed by atoms with Gasteiger partial charge in [0.1, 0.15) is 0 Å². The lowest BCUT2D eigenvalue weighted by molar-refractivity contribution is 0.205. The fourth-order valence-electron chi connectivity index (χ4n) is 2.55. The average molecular weight is 233 g/mol. The van der Waals surface area contributed by atoms with Crippen molar-refractivity contribution in [3.8, 4) is 0 Å². The first-order valence-electron chi connectivity index (χ1n) is 6.72. The molecule has 0 spiro atoms. The van der Waals surface area contributed by atoms with E-state index in [0.717, 1.165) is 12.1 Å². The van der Waals surface area contributed by atoms with Crippen LogP contribution in [0.3, 0.4) is 0 Å². The van der Waals surface area contributed by atoms with E-state index in [4.69, 9.17) is 5.11 Å². The Labute approximate surface area is 104 Å². The van der Waals surface area contributed by atoms with E-state index in [1.54, 1.807) is 0 Å². The number of rotatable bonds is 3. The fraction of sp³-hybridized carbons (Fsp3) is 0.600. The summed E-state index contributed by atoms with van der Waals surface area (Å²) >= 11 is 0. The molecule has 1 N–H and O–H groups in total. The molecule has 94 valence electrons. The van der Waals surface area contributed by atoms with Gasteiger partial charge in [0, 0.05) is 12.6 Å². The zero-order valence-corrected chi connectivity index (χ0v) is 10.7. The largest absolute Gasteiger partial charge is 0.392 e. The van der Waals surface area contributed by atoms with E-state index in [1.165, 1.54) is 37.8 Å². The highest BCUT2D eigenvalue weighted by Crippen LogP contribution is 2.19. The second-order valence-corrected chi connectivity index (χ2v) is 5.14. The number of likely N-dealkylation sites (tertiary alicyclic amines) is 1. The van der Waals surface area contributed by atoms with Gasteiger partial charge in [-0.3, -0.25) is 4.90 Å². The molecule has 2 nitrogen and oxygen atoms in total. The Morgan fingerprint density at radius 1 is 1.12 bits per heavy atom. The van der Waals surface area contributed by atoms with Gasteiger partial charge in [-0.25, -0.2) is 0 Å². The van der Waals surface area contributed by atoms with Crippen molar-refractivity contribution in [3.05, 3.63) is 35.4 Å². The number of hydrogen-bond acceptors (Lipinski definition) is 2. The molecule has 17 heavy (non-hydrogen) atoms. The summed E-state index contributed by atoms with van der Waals surface area (Å²) in [6.07, 6.45) is 5.42. The lowest BCUT2D eigenvalue weighted by Crippen LogP contribution is -2.31. The van der Waals surface area contributed by atoms with Crippen LogP contribution in [0.4, 0.5) is 0 Å². The van der Waals surface area contributed by atoms with Crippen molar-refractivity contribution < 1.29 is 5.11 Å². The normalized spacial score (nSPS) is 22.4. The Morgan fingerprint density at radius 2 is 1.82 bits per heavy atom. The number of nitrogens with zero attached hydrogens (tertiary/aromatic N) is 1. The first kappa shape index (κ1) is 12.6. The lowest BCUT2D eigenvalue weighted by Gasteiger charge is -2.26. The Balaban J connectivity index is 1.98. The maximum Gasteiger partial charge on any atom is 0.0681 e. The molecule has 1 aliphatic heterocycles. The van der Waals surface area contributed by atoms with Crippen LogP contribution in [-0.2, 0) is 13.2 Å². The minimum atomic E-state index is 0.139. The molecule has 2 rings (SSSR count). The van der Waals surface area contributed by atoms with Crippen molar-refractivity contribution >= 4 is 0 Å². The van der Waals surface area contributed by atoms with Crippen molar-refractivity contribution in [1.29, 1.82) is 0 Å². The van der Waals surface area contributed by atoms with Crippen LogP contribution in [0.2, 0.25) is 0 Å². The smallest absolute Gasteiger partial charge is 0.0681 e. The van der Waals surface area contributed by atoms with Gasteiger partial charge in [0.15, 0.2) is 0 Å². The van der Waals surface area contributed by atoms with Gasteiger partial charge in [-0.1, -0.05) is 37.1 Å². The summed E-state index contributed by atoms with van der Waals surface area (Å²) < 4.78 is 0. The van der Waals surface area contributed by atoms with Crippen LogP contribution in [0, 0.1) is 0 Å². The number of benzene rings is 1. The monoisotopic (exact) mass is 233 g/mol. The molecular formula is C15H23NO. The Bertz CT molecular complexity index is 333. The standard InChI is InChI=1S/C15H23NO/c1-13-5-3-2-4-10-16(13)11-14-6-8-15(12-17)9-7-14/h6-9,13,17H,2-5,10-12H2,1H3. The predicted molar refractivity (Wildman–Crippen MR) is 70.7 cm³/mol. The summed E-state index contributed by atoms with van der Waals surface area (Å²) in [5.41, 5.74) is 2.36. The molecule has 1 aromatic carbocycles. The van der Waals surface area contributed by atoms with E-state index < -0.39 is 0 Å². The van der Waals surface area contributed by atoms with Crippen LogP contribution in [0.5, 0.6) is 0 Å². The summed E-state index contributed by atoms with van der Waals surface area (Å²) in [7, 11) is 0. The summed E-state index contributed by atoms with van der Waals surface area (Å²) in [4.78, 5) is 2.58. The minimum absolute atomic E-state index is 0.139. The molecule has 1 saturated heterocycles. The van der Waals surface area contributed by atoms with Gasteiger partial charge in [-0.15, -0.1) is 0 Å². The molecule has 1 atom stereocenters. The van der Waals surface area contributed by atoms with Gasteiger partial charge in [0.2, 0.25) is 0 Å². The van der Waals surface area contributed by atoms with Crippen molar-refractivity contribution in [3.63, 3.8) is 0 Å². The number of aliphatic hydroxyl groups excluding tert-OH is 1. The lowest BCUT2D eigenvalue weighted by atomic mass is 10.1. The highest BCUT2D eigenvalue weighted by Gasteiger charge is 2.16. The van der Waals surface area contributed by atoms with Crippen LogP contribution in [-0.4, -0.2) is 22.6 Å². The van der Waals surface area contributed by atoms with Gasteiger partial charge < -0.3 is 5.11 Å². The summed E-state index contributed by atoms with van der Waals surface area (Å²) in [6.45, 7) is 4.75. The van der Waals surface area contributed by atoms with Crippen LogP contribution in [0.25, 0.3) is 0 Å². The molecule has 0 saturated carbocycles. The maximum atomic E-state index is 9.02. The van der Waals surface area contributed by atoms with Crippen LogP contribution in [0.1, 0.15) is 43.7 Å². The van der Waals surface area contributed by atoms with Gasteiger partial charge in [0.25, 0.3) is 0 Å². The molecule has 1 unspecified atom stereocenters. The molecule has 0 bridgehead atoms. The third-order valence-electron chi connectivity index (χ3n) is 3.78. The van der Waals surface area contributed by atoms with E-state index in [9.17, 15) is 0 Å². The zero-order valence-electron chi connectivity index (χ0n) is 10.7. The van der Waals surface area contributed by atoms with Gasteiger partial charge in [0.05, 0.1) is 6.61 Å². The van der Waals surface area contributed by atoms with Gasteiger partial charge in [-0.2, -0.15) is 0 Å². The molecule has 1 heterocycles. The van der Waals surface area contributed by atoms with Crippen LogP contribution >= 0.6 is 0 Å². The number of hydrogen-bond donors (Lipinski definition) is 1. The van der Waals surface area contributed by atoms with E-state index >= 15 is 0 Å². The topological polar surface area (TPSA) is 23.5 Å². The molecule has 0 aliphatic carbocycles. The molecule has 1 fully saturated rings. The number of aliphatic hydroxyl groups is 1. The Morgan fingerprint density at radius 3 is 2.53 bits per heavy atom. The average Bonchev–Trinajstić information content (AvgIpc) is 2.56. The fourth-order valence-corrected chi connectivity index (χ4v) is 2.55. The second-order valence-electron chi connectivity index (χ2n) is 5.14. The first-order chi connectivity index (χ1) is 8.29. The first-order valence-corrected chi connectivity index (χ1v) is 6.72. The van der Waals surface area contributed by atoms with E-state index in [1.807, 2.05) is 12.1 Å². The van der Waals surface area contributed by atoms with Crippen molar-refractivity contribution in [2.24, 2.45) is 0 Å². The SMILES string of the molecule is CC1CCCCCN1Cc1ccc(CO)cc1. The Kier molecular flexibility index (Phi) is 4.57. The molecule has 0 radical (unpaired) electrons. The van der Waals surface area contributed by atoms with Crippen molar-refractivity contribution in [1.82, 2.24) is 4.90 Å². The highest BCUT2D eigenvalue weighted by atomic mass is 16.3. The van der Waals surface area contributed by atoms with E-state index in [0.29, 0.717) is 6.04 Å². The van der Waals surface area contributed by atoms with E-state index in [-0.39, 0.29) is 6.61 Å². The third kappa shape index (κ3) is 3.55. The molecule has 0 amide bonds. The van der Waals surface area contributed by atoms with Crippen LogP contribution < -0.4 is 0 Å². The van der Waals surface area contributed by atoms with Crippen LogP contribution in [0.15, 0.2) is 24.3 Å². The highest BCUT2D eigenvalue weighted by molar-refractivity contribution is 5.21. The summed E-state index contributed by atoms with van der Waals surface area (Å²) in [6, 6.07) is 9.04. The molecular weight excluding hydrogens is 210 g/mol. The quantitative estimate of drug-likeness (QED) is 0.867. The Hall–Kier alpha value is -0.860. The zero-order chi connectivity index (χ0) is 12.1. The third-order valence-corrected chi connectivity index (χ3v) is 3.78. The van der Waals surface area contributed by atoms with Crippen molar-refractivity contribution in [2.45, 2.75) is 51.8 Å². The maximum absolute atomic E-state index is 9.02.